The van der Waals surface area contributed by atoms with Crippen molar-refractivity contribution in [2.45, 2.75) is 13.0 Å². The van der Waals surface area contributed by atoms with Gasteiger partial charge in [-0.15, -0.1) is 0 Å². The van der Waals surface area contributed by atoms with Crippen molar-refractivity contribution in [1.82, 2.24) is 0 Å². The zero-order chi connectivity index (χ0) is 6.78. The maximum absolute atomic E-state index is 9.84. The van der Waals surface area contributed by atoms with E-state index in [1.54, 1.807) is 0 Å². The van der Waals surface area contributed by atoms with Crippen LogP contribution >= 0.6 is 0 Å². The van der Waals surface area contributed by atoms with Gasteiger partial charge in [-0.3, -0.25) is 4.55 Å². The number of aliphatic hydroxyl groups excluding tert-OH is 1. The van der Waals surface area contributed by atoms with Crippen molar-refractivity contribution in [1.29, 1.82) is 0 Å². The Labute approximate surface area is 71.0 Å². The van der Waals surface area contributed by atoms with Crippen molar-refractivity contribution in [2.75, 3.05) is 5.75 Å². The van der Waals surface area contributed by atoms with Gasteiger partial charge in [0.25, 0.3) is 10.1 Å². The van der Waals surface area contributed by atoms with Crippen LogP contribution in [0.4, 0.5) is 0 Å². The third kappa shape index (κ3) is 12.0. The topological polar surface area (TPSA) is 74.6 Å². The molecule has 0 aromatic rings. The van der Waals surface area contributed by atoms with Gasteiger partial charge in [0.15, 0.2) is 0 Å². The smallest absolute Gasteiger partial charge is 0.267 e. The van der Waals surface area contributed by atoms with Crippen LogP contribution in [0.1, 0.15) is 6.92 Å². The van der Waals surface area contributed by atoms with Crippen molar-refractivity contribution >= 4 is 34.0 Å². The predicted molar refractivity (Wildman–Crippen MR) is 33.9 cm³/mol. The van der Waals surface area contributed by atoms with E-state index in [9.17, 15) is 8.42 Å². The van der Waals surface area contributed by atoms with E-state index in [4.69, 9.17) is 9.66 Å². The van der Waals surface area contributed by atoms with Gasteiger partial charge >= 0.3 is 0 Å². The van der Waals surface area contributed by atoms with E-state index in [1.807, 2.05) is 0 Å². The molecule has 2 N–H and O–H groups in total. The number of aliphatic hydroxyl groups is 1. The fourth-order valence-corrected chi connectivity index (χ4v) is 0.914. The summed E-state index contributed by atoms with van der Waals surface area (Å²) in [7, 11) is -3.97. The first-order valence-electron chi connectivity index (χ1n) is 2.05. The van der Waals surface area contributed by atoms with E-state index in [-0.39, 0.29) is 23.9 Å². The average Bonchev–Trinajstić information content (AvgIpc) is 1.21. The van der Waals surface area contributed by atoms with Gasteiger partial charge in [0.2, 0.25) is 0 Å². The molecule has 0 aliphatic rings. The molecule has 0 aliphatic heterocycles. The number of hydrogen-bond donors (Lipinski definition) is 2. The van der Waals surface area contributed by atoms with Crippen LogP contribution in [-0.2, 0) is 10.1 Å². The van der Waals surface area contributed by atoms with Crippen LogP contribution in [0.15, 0.2) is 0 Å². The molecule has 4 nitrogen and oxygen atoms in total. The van der Waals surface area contributed by atoms with Gasteiger partial charge in [-0.25, -0.2) is 0 Å². The molecule has 0 aliphatic carbocycles. The molecular formula is C3H8O4SSn. The van der Waals surface area contributed by atoms with Crippen LogP contribution in [0.3, 0.4) is 0 Å². The van der Waals surface area contributed by atoms with Crippen molar-refractivity contribution in [2.24, 2.45) is 0 Å². The molecule has 0 fully saturated rings. The first kappa shape index (κ1) is 12.4. The van der Waals surface area contributed by atoms with Crippen molar-refractivity contribution < 1.29 is 18.1 Å². The largest absolute Gasteiger partial charge is 0.392 e. The van der Waals surface area contributed by atoms with Crippen LogP contribution in [0, 0.1) is 0 Å². The maximum atomic E-state index is 9.84. The molecule has 9 heavy (non-hydrogen) atoms. The van der Waals surface area contributed by atoms with Gasteiger partial charge in [0.1, 0.15) is 5.75 Å². The van der Waals surface area contributed by atoms with Gasteiger partial charge in [0.05, 0.1) is 6.10 Å². The summed E-state index contributed by atoms with van der Waals surface area (Å²) in [6.45, 7) is 1.29. The second kappa shape index (κ2) is 4.48. The molecule has 0 spiro atoms. The van der Waals surface area contributed by atoms with Crippen molar-refractivity contribution in [3.8, 4) is 0 Å². The second-order valence-corrected chi connectivity index (χ2v) is 3.09. The van der Waals surface area contributed by atoms with Crippen LogP contribution in [-0.4, -0.2) is 53.8 Å². The molecule has 0 saturated carbocycles. The summed E-state index contributed by atoms with van der Waals surface area (Å²) in [4.78, 5) is 0. The summed E-state index contributed by atoms with van der Waals surface area (Å²) in [6, 6.07) is 0. The van der Waals surface area contributed by atoms with Crippen LogP contribution in [0.2, 0.25) is 0 Å². The molecule has 1 unspecified atom stereocenters. The molecule has 1 atom stereocenters. The van der Waals surface area contributed by atoms with Gasteiger partial charge < -0.3 is 5.11 Å². The normalized spacial score (nSPS) is 14.1. The minimum atomic E-state index is -3.97. The summed E-state index contributed by atoms with van der Waals surface area (Å²) in [5.74, 6) is -0.590. The molecule has 4 radical (unpaired) electrons. The molecule has 0 bridgehead atoms. The zero-order valence-corrected chi connectivity index (χ0v) is 8.57. The van der Waals surface area contributed by atoms with E-state index in [0.717, 1.165) is 0 Å². The fraction of sp³-hybridized carbons (Fsp3) is 1.00. The molecule has 54 valence electrons. The summed E-state index contributed by atoms with van der Waals surface area (Å²) in [5.41, 5.74) is 0. The Kier molecular flexibility index (Phi) is 6.15. The van der Waals surface area contributed by atoms with E-state index < -0.39 is 22.0 Å². The molecule has 0 aromatic heterocycles. The minimum Gasteiger partial charge on any atom is -0.392 e. The van der Waals surface area contributed by atoms with E-state index in [1.165, 1.54) is 6.92 Å². The van der Waals surface area contributed by atoms with Gasteiger partial charge in [0, 0.05) is 23.9 Å². The molecule has 0 saturated heterocycles. The van der Waals surface area contributed by atoms with E-state index in [0.29, 0.717) is 0 Å². The molecule has 0 amide bonds. The summed E-state index contributed by atoms with van der Waals surface area (Å²) < 4.78 is 27.7. The standard InChI is InChI=1S/C3H8O4S.Sn/c1-3(4)2-8(5,6)7;/h3-4H,2H2,1H3,(H,5,6,7);. The maximum Gasteiger partial charge on any atom is 0.267 e. The SMILES string of the molecule is CC(O)CS(=O)(=O)O.[Sn]. The Morgan fingerprint density at radius 3 is 1.89 bits per heavy atom. The molecule has 0 rings (SSSR count). The Morgan fingerprint density at radius 1 is 1.56 bits per heavy atom. The Morgan fingerprint density at radius 2 is 1.89 bits per heavy atom. The van der Waals surface area contributed by atoms with Gasteiger partial charge in [-0.05, 0) is 6.92 Å². The first-order valence-corrected chi connectivity index (χ1v) is 3.66. The molecule has 6 heteroatoms. The predicted octanol–water partition coefficient (Wildman–Crippen LogP) is -1.13. The minimum absolute atomic E-state index is 0. The second-order valence-electron chi connectivity index (χ2n) is 1.60. The average molecular weight is 259 g/mol. The first-order chi connectivity index (χ1) is 3.42. The Balaban J connectivity index is 0. The summed E-state index contributed by atoms with van der Waals surface area (Å²) in [6.07, 6.45) is -0.995. The summed E-state index contributed by atoms with van der Waals surface area (Å²) >= 11 is 0. The molecule has 0 aromatic carbocycles. The third-order valence-electron chi connectivity index (χ3n) is 0.452. The van der Waals surface area contributed by atoms with Gasteiger partial charge in [-0.2, -0.15) is 8.42 Å². The Bertz CT molecular complexity index is 149. The third-order valence-corrected chi connectivity index (χ3v) is 1.36. The van der Waals surface area contributed by atoms with Crippen LogP contribution in [0.5, 0.6) is 0 Å². The number of hydrogen-bond acceptors (Lipinski definition) is 3. The zero-order valence-electron chi connectivity index (χ0n) is 4.90. The summed E-state index contributed by atoms with van der Waals surface area (Å²) in [5, 5.41) is 8.35. The Hall–Kier alpha value is 0.669. The van der Waals surface area contributed by atoms with Crippen LogP contribution < -0.4 is 0 Å². The quantitative estimate of drug-likeness (QED) is 0.486. The van der Waals surface area contributed by atoms with E-state index >= 15 is 0 Å². The fourth-order valence-electron chi connectivity index (χ4n) is 0.305. The van der Waals surface area contributed by atoms with Crippen LogP contribution in [0.25, 0.3) is 0 Å². The molecular weight excluding hydrogens is 251 g/mol. The van der Waals surface area contributed by atoms with E-state index in [2.05, 4.69) is 0 Å². The van der Waals surface area contributed by atoms with Gasteiger partial charge in [-0.1, -0.05) is 0 Å². The van der Waals surface area contributed by atoms with Crippen molar-refractivity contribution in [3.63, 3.8) is 0 Å². The molecule has 0 heterocycles. The van der Waals surface area contributed by atoms with Crippen molar-refractivity contribution in [3.05, 3.63) is 0 Å². The number of rotatable bonds is 2. The monoisotopic (exact) mass is 260 g/mol.